The van der Waals surface area contributed by atoms with Crippen LogP contribution in [0.1, 0.15) is 31.1 Å². The molecule has 0 spiro atoms. The first kappa shape index (κ1) is 16.8. The number of fused-ring (bicyclic) bond motifs is 5. The highest BCUT2D eigenvalue weighted by atomic mass is 16.5. The van der Waals surface area contributed by atoms with Gasteiger partial charge in [0.05, 0.1) is 29.7 Å². The van der Waals surface area contributed by atoms with Gasteiger partial charge in [0.2, 0.25) is 11.8 Å². The molecule has 4 rings (SSSR count). The minimum absolute atomic E-state index is 0.0373. The van der Waals surface area contributed by atoms with E-state index in [1.807, 2.05) is 13.8 Å². The van der Waals surface area contributed by atoms with E-state index in [1.165, 1.54) is 16.0 Å². The molecule has 1 aromatic rings. The molecule has 1 saturated heterocycles. The summed E-state index contributed by atoms with van der Waals surface area (Å²) >= 11 is 0. The standard InChI is InChI=1S/C21H21NO4/c1-4-26-21(25)12-5-7-13(8-6-12)22-19(23)17-14-9-10-15(16(14)11(2)3)18(17)20(22)24/h5-10,14-15,17-18H,4H2,1-3H3/t14-,15-,17-,18-/m0/s1. The molecule has 3 aliphatic rings. The van der Waals surface area contributed by atoms with E-state index in [0.717, 1.165) is 0 Å². The third-order valence-corrected chi connectivity index (χ3v) is 5.63. The predicted octanol–water partition coefficient (Wildman–Crippen LogP) is 3.12. The topological polar surface area (TPSA) is 63.7 Å². The summed E-state index contributed by atoms with van der Waals surface area (Å²) in [6.45, 7) is 6.14. The van der Waals surface area contributed by atoms with Crippen molar-refractivity contribution in [3.8, 4) is 0 Å². The van der Waals surface area contributed by atoms with Gasteiger partial charge in [-0.3, -0.25) is 9.59 Å². The molecule has 4 atom stereocenters. The van der Waals surface area contributed by atoms with E-state index in [9.17, 15) is 14.4 Å². The Labute approximate surface area is 152 Å². The van der Waals surface area contributed by atoms with Gasteiger partial charge < -0.3 is 4.74 Å². The van der Waals surface area contributed by atoms with Crippen LogP contribution in [0.25, 0.3) is 0 Å². The van der Waals surface area contributed by atoms with Crippen molar-refractivity contribution < 1.29 is 19.1 Å². The maximum atomic E-state index is 13.0. The third-order valence-electron chi connectivity index (χ3n) is 5.63. The summed E-state index contributed by atoms with van der Waals surface area (Å²) in [7, 11) is 0. The third kappa shape index (κ3) is 2.19. The molecule has 0 aromatic heterocycles. The summed E-state index contributed by atoms with van der Waals surface area (Å²) in [5, 5.41) is 0. The molecule has 2 fully saturated rings. The maximum Gasteiger partial charge on any atom is 0.338 e. The number of hydrogen-bond donors (Lipinski definition) is 0. The molecule has 2 amide bonds. The second kappa shape index (κ2) is 5.94. The largest absolute Gasteiger partial charge is 0.462 e. The first-order valence-electron chi connectivity index (χ1n) is 8.96. The highest BCUT2D eigenvalue weighted by Gasteiger charge is 2.61. The highest BCUT2D eigenvalue weighted by Crippen LogP contribution is 2.57. The SMILES string of the molecule is CCOC(=O)c1ccc(N2C(=O)[C@@H]3[C@@H](C2=O)[C@H]2C=C[C@H]3C2=C(C)C)cc1. The number of benzene rings is 1. The number of anilines is 1. The summed E-state index contributed by atoms with van der Waals surface area (Å²) in [6, 6.07) is 6.47. The van der Waals surface area contributed by atoms with Crippen LogP contribution in [-0.4, -0.2) is 24.4 Å². The number of carbonyl (C=O) groups excluding carboxylic acids is 3. The highest BCUT2D eigenvalue weighted by molar-refractivity contribution is 6.23. The summed E-state index contributed by atoms with van der Waals surface area (Å²) in [5.41, 5.74) is 3.35. The molecule has 1 saturated carbocycles. The maximum absolute atomic E-state index is 13.0. The molecule has 1 heterocycles. The van der Waals surface area contributed by atoms with Crippen molar-refractivity contribution in [1.82, 2.24) is 0 Å². The van der Waals surface area contributed by atoms with Crippen LogP contribution < -0.4 is 4.90 Å². The molecule has 5 nitrogen and oxygen atoms in total. The molecule has 5 heteroatoms. The van der Waals surface area contributed by atoms with Crippen molar-refractivity contribution >= 4 is 23.5 Å². The van der Waals surface area contributed by atoms with Crippen molar-refractivity contribution in [1.29, 1.82) is 0 Å². The van der Waals surface area contributed by atoms with E-state index < -0.39 is 5.97 Å². The Kier molecular flexibility index (Phi) is 3.83. The second-order valence-corrected chi connectivity index (χ2v) is 7.22. The summed E-state index contributed by atoms with van der Waals surface area (Å²) in [6.07, 6.45) is 4.15. The number of imide groups is 1. The van der Waals surface area contributed by atoms with Crippen LogP contribution in [0, 0.1) is 23.7 Å². The number of hydrogen-bond acceptors (Lipinski definition) is 4. The van der Waals surface area contributed by atoms with Crippen molar-refractivity contribution in [3.05, 3.63) is 53.1 Å². The lowest BCUT2D eigenvalue weighted by Gasteiger charge is -2.19. The number of carbonyl (C=O) groups is 3. The molecule has 134 valence electrons. The van der Waals surface area contributed by atoms with Crippen molar-refractivity contribution in [2.24, 2.45) is 23.7 Å². The number of allylic oxidation sites excluding steroid dienone is 4. The van der Waals surface area contributed by atoms with Gasteiger partial charge in [-0.2, -0.15) is 0 Å². The number of ether oxygens (including phenoxy) is 1. The van der Waals surface area contributed by atoms with Gasteiger partial charge in [-0.05, 0) is 45.0 Å². The zero-order valence-corrected chi connectivity index (χ0v) is 15.1. The fraction of sp³-hybridized carbons (Fsp3) is 0.381. The lowest BCUT2D eigenvalue weighted by Crippen LogP contribution is -2.33. The van der Waals surface area contributed by atoms with Crippen LogP contribution in [0.15, 0.2) is 47.6 Å². The van der Waals surface area contributed by atoms with Gasteiger partial charge in [-0.1, -0.05) is 23.3 Å². The number of esters is 1. The Morgan fingerprint density at radius 1 is 1.00 bits per heavy atom. The number of rotatable bonds is 3. The summed E-state index contributed by atoms with van der Waals surface area (Å²) in [4.78, 5) is 39.1. The van der Waals surface area contributed by atoms with Crippen LogP contribution >= 0.6 is 0 Å². The van der Waals surface area contributed by atoms with Gasteiger partial charge in [-0.15, -0.1) is 0 Å². The second-order valence-electron chi connectivity index (χ2n) is 7.22. The van der Waals surface area contributed by atoms with Crippen LogP contribution in [0.2, 0.25) is 0 Å². The average Bonchev–Trinajstić information content (AvgIpc) is 3.25. The Hall–Kier alpha value is -2.69. The average molecular weight is 351 g/mol. The van der Waals surface area contributed by atoms with Crippen LogP contribution in [-0.2, 0) is 14.3 Å². The molecule has 1 aromatic carbocycles. The van der Waals surface area contributed by atoms with Crippen LogP contribution in [0.3, 0.4) is 0 Å². The van der Waals surface area contributed by atoms with Gasteiger partial charge in [0.15, 0.2) is 0 Å². The molecule has 2 aliphatic carbocycles. The molecule has 0 N–H and O–H groups in total. The predicted molar refractivity (Wildman–Crippen MR) is 96.4 cm³/mol. The van der Waals surface area contributed by atoms with Crippen LogP contribution in [0.4, 0.5) is 5.69 Å². The first-order valence-corrected chi connectivity index (χ1v) is 8.96. The Morgan fingerprint density at radius 2 is 1.54 bits per heavy atom. The van der Waals surface area contributed by atoms with E-state index >= 15 is 0 Å². The molecule has 0 radical (unpaired) electrons. The summed E-state index contributed by atoms with van der Waals surface area (Å²) < 4.78 is 4.97. The zero-order chi connectivity index (χ0) is 18.6. The van der Waals surface area contributed by atoms with Crippen molar-refractivity contribution in [2.75, 3.05) is 11.5 Å². The first-order chi connectivity index (χ1) is 12.5. The monoisotopic (exact) mass is 351 g/mol. The van der Waals surface area contributed by atoms with E-state index in [-0.39, 0.29) is 35.5 Å². The molecular formula is C21H21NO4. The molecule has 26 heavy (non-hydrogen) atoms. The minimum Gasteiger partial charge on any atom is -0.462 e. The van der Waals surface area contributed by atoms with Gasteiger partial charge in [0, 0.05) is 11.8 Å². The van der Waals surface area contributed by atoms with Crippen molar-refractivity contribution in [2.45, 2.75) is 20.8 Å². The Balaban J connectivity index is 1.64. The van der Waals surface area contributed by atoms with Gasteiger partial charge in [-0.25, -0.2) is 9.69 Å². The van der Waals surface area contributed by atoms with E-state index in [1.54, 1.807) is 31.2 Å². The molecule has 2 bridgehead atoms. The van der Waals surface area contributed by atoms with E-state index in [4.69, 9.17) is 4.74 Å². The number of amides is 2. The van der Waals surface area contributed by atoms with E-state index in [0.29, 0.717) is 17.9 Å². The minimum atomic E-state index is -0.412. The molecular weight excluding hydrogens is 330 g/mol. The lowest BCUT2D eigenvalue weighted by atomic mass is 9.85. The smallest absolute Gasteiger partial charge is 0.338 e. The van der Waals surface area contributed by atoms with Gasteiger partial charge >= 0.3 is 5.97 Å². The molecule has 0 unspecified atom stereocenters. The van der Waals surface area contributed by atoms with Crippen molar-refractivity contribution in [3.63, 3.8) is 0 Å². The van der Waals surface area contributed by atoms with Gasteiger partial charge in [0.1, 0.15) is 0 Å². The Bertz CT molecular complexity index is 827. The van der Waals surface area contributed by atoms with Gasteiger partial charge in [0.25, 0.3) is 0 Å². The van der Waals surface area contributed by atoms with E-state index in [2.05, 4.69) is 12.2 Å². The Morgan fingerprint density at radius 3 is 2.00 bits per heavy atom. The molecule has 1 aliphatic heterocycles. The quantitative estimate of drug-likeness (QED) is 0.477. The fourth-order valence-electron chi connectivity index (χ4n) is 4.65. The fourth-order valence-corrected chi connectivity index (χ4v) is 4.65. The normalized spacial score (nSPS) is 28.7. The number of nitrogens with zero attached hydrogens (tertiary/aromatic N) is 1. The van der Waals surface area contributed by atoms with Crippen LogP contribution in [0.5, 0.6) is 0 Å². The summed E-state index contributed by atoms with van der Waals surface area (Å²) in [5.74, 6) is -1.21. The zero-order valence-electron chi connectivity index (χ0n) is 15.1. The lowest BCUT2D eigenvalue weighted by molar-refractivity contribution is -0.122.